The third-order valence-corrected chi connectivity index (χ3v) is 2.84. The van der Waals surface area contributed by atoms with Gasteiger partial charge in [-0.1, -0.05) is 0 Å². The van der Waals surface area contributed by atoms with Gasteiger partial charge in [-0.05, 0) is 15.9 Å². The minimum Gasteiger partial charge on any atom is -0.378 e. The Kier molecular flexibility index (Phi) is 3.37. The van der Waals surface area contributed by atoms with Crippen molar-refractivity contribution in [2.45, 2.75) is 0 Å². The molecule has 15 heavy (non-hydrogen) atoms. The Morgan fingerprint density at radius 3 is 2.87 bits per heavy atom. The Bertz CT molecular complexity index is 341. The van der Waals surface area contributed by atoms with Crippen molar-refractivity contribution in [2.24, 2.45) is 0 Å². The number of halogens is 1. The van der Waals surface area contributed by atoms with Crippen LogP contribution in [0.15, 0.2) is 10.7 Å². The van der Waals surface area contributed by atoms with Gasteiger partial charge in [-0.25, -0.2) is 4.98 Å². The summed E-state index contributed by atoms with van der Waals surface area (Å²) >= 11 is 3.38. The monoisotopic (exact) mass is 272 g/mol. The van der Waals surface area contributed by atoms with Gasteiger partial charge in [-0.15, -0.1) is 0 Å². The molecule has 0 radical (unpaired) electrons. The van der Waals surface area contributed by atoms with Crippen molar-refractivity contribution in [3.63, 3.8) is 0 Å². The van der Waals surface area contributed by atoms with Crippen LogP contribution < -0.4 is 10.2 Å². The molecule has 1 aromatic heterocycles. The summed E-state index contributed by atoms with van der Waals surface area (Å²) in [6.07, 6.45) is 1.77. The third-order valence-electron chi connectivity index (χ3n) is 2.26. The average Bonchev–Trinajstić information content (AvgIpc) is 2.31. The average molecular weight is 273 g/mol. The Morgan fingerprint density at radius 2 is 2.20 bits per heavy atom. The molecule has 0 bridgehead atoms. The normalized spacial score (nSPS) is 16.5. The highest BCUT2D eigenvalue weighted by molar-refractivity contribution is 9.10. The second-order valence-corrected chi connectivity index (χ2v) is 4.07. The zero-order valence-electron chi connectivity index (χ0n) is 8.53. The summed E-state index contributed by atoms with van der Waals surface area (Å²) in [6, 6.07) is 0. The fourth-order valence-corrected chi connectivity index (χ4v) is 1.84. The predicted molar refractivity (Wildman–Crippen MR) is 62.3 cm³/mol. The molecule has 0 atom stereocenters. The second kappa shape index (κ2) is 4.76. The van der Waals surface area contributed by atoms with E-state index in [0.717, 1.165) is 42.5 Å². The Hall–Kier alpha value is -0.880. The molecule has 1 saturated heterocycles. The Balaban J connectivity index is 2.20. The molecule has 0 unspecified atom stereocenters. The van der Waals surface area contributed by atoms with E-state index < -0.39 is 0 Å². The van der Waals surface area contributed by atoms with E-state index in [0.29, 0.717) is 0 Å². The SMILES string of the molecule is CNc1nc(N2CCOCC2)ncc1Br. The van der Waals surface area contributed by atoms with Crippen molar-refractivity contribution < 1.29 is 4.74 Å². The summed E-state index contributed by atoms with van der Waals surface area (Å²) in [4.78, 5) is 10.8. The number of hydrogen-bond acceptors (Lipinski definition) is 5. The van der Waals surface area contributed by atoms with E-state index in [1.54, 1.807) is 6.20 Å². The first kappa shape index (κ1) is 10.6. The standard InChI is InChI=1S/C9H13BrN4O/c1-11-8-7(10)6-12-9(13-8)14-2-4-15-5-3-14/h6H,2-5H2,1H3,(H,11,12,13). The molecule has 0 aromatic carbocycles. The fraction of sp³-hybridized carbons (Fsp3) is 0.556. The maximum Gasteiger partial charge on any atom is 0.227 e. The highest BCUT2D eigenvalue weighted by Crippen LogP contribution is 2.21. The first-order valence-electron chi connectivity index (χ1n) is 4.84. The number of rotatable bonds is 2. The fourth-order valence-electron chi connectivity index (χ4n) is 1.45. The third kappa shape index (κ3) is 2.38. The maximum absolute atomic E-state index is 5.28. The summed E-state index contributed by atoms with van der Waals surface area (Å²) < 4.78 is 6.16. The van der Waals surface area contributed by atoms with Gasteiger partial charge in [0.05, 0.1) is 17.7 Å². The number of aromatic nitrogens is 2. The molecule has 2 rings (SSSR count). The molecule has 0 aliphatic carbocycles. The van der Waals surface area contributed by atoms with Crippen LogP contribution in [0.1, 0.15) is 0 Å². The predicted octanol–water partition coefficient (Wildman–Crippen LogP) is 1.12. The van der Waals surface area contributed by atoms with E-state index in [2.05, 4.69) is 36.1 Å². The minimum atomic E-state index is 0.744. The molecule has 1 aliphatic rings. The van der Waals surface area contributed by atoms with Gasteiger partial charge in [0.25, 0.3) is 0 Å². The number of nitrogens with one attached hydrogen (secondary N) is 1. The number of morpholine rings is 1. The van der Waals surface area contributed by atoms with Crippen molar-refractivity contribution in [2.75, 3.05) is 43.6 Å². The number of nitrogens with zero attached hydrogens (tertiary/aromatic N) is 3. The van der Waals surface area contributed by atoms with Crippen LogP contribution >= 0.6 is 15.9 Å². The van der Waals surface area contributed by atoms with Crippen molar-refractivity contribution in [1.29, 1.82) is 0 Å². The van der Waals surface area contributed by atoms with Crippen LogP contribution in [0.3, 0.4) is 0 Å². The Labute approximate surface area is 97.0 Å². The smallest absolute Gasteiger partial charge is 0.227 e. The van der Waals surface area contributed by atoms with Crippen molar-refractivity contribution in [3.8, 4) is 0 Å². The lowest BCUT2D eigenvalue weighted by atomic mass is 10.4. The van der Waals surface area contributed by atoms with Crippen molar-refractivity contribution in [3.05, 3.63) is 10.7 Å². The zero-order valence-corrected chi connectivity index (χ0v) is 10.1. The molecule has 0 spiro atoms. The van der Waals surface area contributed by atoms with Gasteiger partial charge >= 0.3 is 0 Å². The summed E-state index contributed by atoms with van der Waals surface area (Å²) in [6.45, 7) is 3.19. The van der Waals surface area contributed by atoms with Crippen LogP contribution in [0.4, 0.5) is 11.8 Å². The first-order valence-corrected chi connectivity index (χ1v) is 5.63. The zero-order chi connectivity index (χ0) is 10.7. The second-order valence-electron chi connectivity index (χ2n) is 3.22. The molecule has 0 amide bonds. The lowest BCUT2D eigenvalue weighted by Crippen LogP contribution is -2.37. The van der Waals surface area contributed by atoms with E-state index in [1.165, 1.54) is 0 Å². The minimum absolute atomic E-state index is 0.744. The lowest BCUT2D eigenvalue weighted by molar-refractivity contribution is 0.122. The number of anilines is 2. The van der Waals surface area contributed by atoms with Crippen LogP contribution in [0.2, 0.25) is 0 Å². The molecule has 1 aliphatic heterocycles. The summed E-state index contributed by atoms with van der Waals surface area (Å²) in [5.41, 5.74) is 0. The number of hydrogen-bond donors (Lipinski definition) is 1. The maximum atomic E-state index is 5.28. The molecule has 82 valence electrons. The molecule has 2 heterocycles. The van der Waals surface area contributed by atoms with Gasteiger partial charge in [0.2, 0.25) is 5.95 Å². The molecular formula is C9H13BrN4O. The van der Waals surface area contributed by atoms with Crippen LogP contribution in [0, 0.1) is 0 Å². The van der Waals surface area contributed by atoms with Crippen molar-refractivity contribution >= 4 is 27.7 Å². The molecule has 1 N–H and O–H groups in total. The van der Waals surface area contributed by atoms with Crippen LogP contribution in [0.25, 0.3) is 0 Å². The van der Waals surface area contributed by atoms with Gasteiger partial charge < -0.3 is 15.0 Å². The highest BCUT2D eigenvalue weighted by atomic mass is 79.9. The van der Waals surface area contributed by atoms with Gasteiger partial charge in [0, 0.05) is 26.3 Å². The van der Waals surface area contributed by atoms with E-state index in [9.17, 15) is 0 Å². The molecule has 6 heteroatoms. The summed E-state index contributed by atoms with van der Waals surface area (Å²) in [7, 11) is 1.84. The summed E-state index contributed by atoms with van der Waals surface area (Å²) in [5.74, 6) is 1.57. The largest absolute Gasteiger partial charge is 0.378 e. The van der Waals surface area contributed by atoms with Gasteiger partial charge in [-0.3, -0.25) is 0 Å². The van der Waals surface area contributed by atoms with Crippen molar-refractivity contribution in [1.82, 2.24) is 9.97 Å². The quantitative estimate of drug-likeness (QED) is 0.875. The van der Waals surface area contributed by atoms with E-state index in [1.807, 2.05) is 7.05 Å². The molecule has 1 aromatic rings. The molecule has 0 saturated carbocycles. The van der Waals surface area contributed by atoms with Gasteiger partial charge in [0.1, 0.15) is 5.82 Å². The lowest BCUT2D eigenvalue weighted by Gasteiger charge is -2.26. The molecule has 5 nitrogen and oxygen atoms in total. The topological polar surface area (TPSA) is 50.3 Å². The Morgan fingerprint density at radius 1 is 1.47 bits per heavy atom. The van der Waals surface area contributed by atoms with Gasteiger partial charge in [-0.2, -0.15) is 4.98 Å². The van der Waals surface area contributed by atoms with Crippen LogP contribution in [0.5, 0.6) is 0 Å². The van der Waals surface area contributed by atoms with Crippen LogP contribution in [-0.2, 0) is 4.74 Å². The first-order chi connectivity index (χ1) is 7.31. The van der Waals surface area contributed by atoms with E-state index in [4.69, 9.17) is 4.74 Å². The van der Waals surface area contributed by atoms with Crippen LogP contribution in [-0.4, -0.2) is 43.3 Å². The van der Waals surface area contributed by atoms with E-state index in [-0.39, 0.29) is 0 Å². The highest BCUT2D eigenvalue weighted by Gasteiger charge is 2.14. The van der Waals surface area contributed by atoms with E-state index >= 15 is 0 Å². The number of ether oxygens (including phenoxy) is 1. The molecular weight excluding hydrogens is 260 g/mol. The summed E-state index contributed by atoms with van der Waals surface area (Å²) in [5, 5.41) is 3.02. The molecule has 1 fully saturated rings. The van der Waals surface area contributed by atoms with Gasteiger partial charge in [0.15, 0.2) is 0 Å².